The molecule has 100 valence electrons. The van der Waals surface area contributed by atoms with Gasteiger partial charge in [0.2, 0.25) is 0 Å². The molecule has 1 nitrogen and oxygen atoms in total. The third-order valence-corrected chi connectivity index (χ3v) is 4.49. The van der Waals surface area contributed by atoms with Gasteiger partial charge in [-0.15, -0.1) is 11.8 Å². The van der Waals surface area contributed by atoms with Crippen molar-refractivity contribution in [1.82, 2.24) is 0 Å². The lowest BCUT2D eigenvalue weighted by Gasteiger charge is -2.21. The molecule has 0 amide bonds. The molecule has 3 heteroatoms. The Morgan fingerprint density at radius 3 is 2.47 bits per heavy atom. The van der Waals surface area contributed by atoms with Crippen molar-refractivity contribution in [2.45, 2.75) is 24.0 Å². The average molecular weight is 275 g/mol. The van der Waals surface area contributed by atoms with Gasteiger partial charge in [0, 0.05) is 17.0 Å². The van der Waals surface area contributed by atoms with Crippen LogP contribution in [0.3, 0.4) is 0 Å². The summed E-state index contributed by atoms with van der Waals surface area (Å²) in [5.74, 6) is 0.673. The van der Waals surface area contributed by atoms with Gasteiger partial charge in [0.25, 0.3) is 0 Å². The maximum Gasteiger partial charge on any atom is 0.123 e. The van der Waals surface area contributed by atoms with E-state index in [9.17, 15) is 4.39 Å². The van der Waals surface area contributed by atoms with Crippen LogP contribution in [0.5, 0.6) is 0 Å². The van der Waals surface area contributed by atoms with E-state index < -0.39 is 0 Å². The van der Waals surface area contributed by atoms with E-state index >= 15 is 0 Å². The maximum atomic E-state index is 13.3. The second kappa shape index (κ2) is 6.73. The molecule has 0 saturated carbocycles. The number of hydrogen-bond acceptors (Lipinski definition) is 2. The van der Waals surface area contributed by atoms with Gasteiger partial charge >= 0.3 is 0 Å². The molecule has 2 atom stereocenters. The van der Waals surface area contributed by atoms with Crippen LogP contribution in [0.2, 0.25) is 0 Å². The fraction of sp³-hybridized carbons (Fsp3) is 0.250. The highest BCUT2D eigenvalue weighted by Crippen LogP contribution is 2.33. The summed E-state index contributed by atoms with van der Waals surface area (Å²) >= 11 is 1.75. The second-order valence-corrected chi connectivity index (χ2v) is 5.76. The molecule has 0 fully saturated rings. The van der Waals surface area contributed by atoms with Gasteiger partial charge in [0.15, 0.2) is 0 Å². The fourth-order valence-corrected chi connectivity index (χ4v) is 3.20. The molecular formula is C16H18FNS. The molecule has 0 aliphatic heterocycles. The molecule has 0 aliphatic rings. The van der Waals surface area contributed by atoms with E-state index in [0.717, 1.165) is 11.3 Å². The highest BCUT2D eigenvalue weighted by Gasteiger charge is 2.17. The smallest absolute Gasteiger partial charge is 0.123 e. The minimum absolute atomic E-state index is 0.0180. The van der Waals surface area contributed by atoms with Crippen molar-refractivity contribution in [2.75, 3.05) is 0 Å². The Hall–Kier alpha value is -1.32. The van der Waals surface area contributed by atoms with Gasteiger partial charge in [0.1, 0.15) is 5.82 Å². The van der Waals surface area contributed by atoms with E-state index in [1.165, 1.54) is 11.6 Å². The van der Waals surface area contributed by atoms with Gasteiger partial charge in [-0.3, -0.25) is 0 Å². The van der Waals surface area contributed by atoms with E-state index in [1.807, 2.05) is 31.2 Å². The topological polar surface area (TPSA) is 26.0 Å². The van der Waals surface area contributed by atoms with Gasteiger partial charge < -0.3 is 5.73 Å². The number of thioether (sulfide) groups is 1. The summed E-state index contributed by atoms with van der Waals surface area (Å²) in [6, 6.07) is 16.9. The monoisotopic (exact) mass is 275 g/mol. The first-order chi connectivity index (χ1) is 9.16. The number of nitrogens with two attached hydrogens (primary N) is 1. The molecule has 0 heterocycles. The first-order valence-electron chi connectivity index (χ1n) is 6.33. The van der Waals surface area contributed by atoms with Gasteiger partial charge in [-0.25, -0.2) is 4.39 Å². The first-order valence-corrected chi connectivity index (χ1v) is 7.38. The summed E-state index contributed by atoms with van der Waals surface area (Å²) in [6.07, 6.45) is 0. The summed E-state index contributed by atoms with van der Waals surface area (Å²) in [4.78, 5) is 0. The molecule has 0 saturated heterocycles. The van der Waals surface area contributed by atoms with E-state index in [2.05, 4.69) is 12.1 Å². The maximum absolute atomic E-state index is 13.3. The number of benzene rings is 2. The lowest BCUT2D eigenvalue weighted by molar-refractivity contribution is 0.622. The number of hydrogen-bond donors (Lipinski definition) is 1. The molecule has 2 aromatic carbocycles. The van der Waals surface area contributed by atoms with Crippen molar-refractivity contribution in [2.24, 2.45) is 5.73 Å². The molecule has 0 aromatic heterocycles. The summed E-state index contributed by atoms with van der Waals surface area (Å²) < 4.78 is 13.3. The zero-order valence-corrected chi connectivity index (χ0v) is 11.7. The van der Waals surface area contributed by atoms with Crippen LogP contribution in [-0.4, -0.2) is 6.04 Å². The van der Waals surface area contributed by atoms with Crippen molar-refractivity contribution in [3.8, 4) is 0 Å². The summed E-state index contributed by atoms with van der Waals surface area (Å²) in [7, 11) is 0. The molecule has 0 bridgehead atoms. The first kappa shape index (κ1) is 14.1. The summed E-state index contributed by atoms with van der Waals surface area (Å²) in [6.45, 7) is 1.97. The van der Waals surface area contributed by atoms with Crippen LogP contribution in [0, 0.1) is 5.82 Å². The average Bonchev–Trinajstić information content (AvgIpc) is 2.40. The van der Waals surface area contributed by atoms with Crippen molar-refractivity contribution in [1.29, 1.82) is 0 Å². The molecule has 2 aromatic rings. The Balaban J connectivity index is 2.09. The lowest BCUT2D eigenvalue weighted by atomic mass is 10.1. The molecule has 19 heavy (non-hydrogen) atoms. The molecular weight excluding hydrogens is 257 g/mol. The number of halogens is 1. The van der Waals surface area contributed by atoms with Crippen molar-refractivity contribution in [3.05, 3.63) is 71.5 Å². The van der Waals surface area contributed by atoms with E-state index in [1.54, 1.807) is 23.9 Å². The lowest BCUT2D eigenvalue weighted by Crippen LogP contribution is -2.22. The van der Waals surface area contributed by atoms with Crippen LogP contribution in [0.4, 0.5) is 4.39 Å². The van der Waals surface area contributed by atoms with Crippen LogP contribution in [0.25, 0.3) is 0 Å². The van der Waals surface area contributed by atoms with Gasteiger partial charge in [0.05, 0.1) is 0 Å². The van der Waals surface area contributed by atoms with Gasteiger partial charge in [-0.2, -0.15) is 0 Å². The third kappa shape index (κ3) is 4.08. The van der Waals surface area contributed by atoms with Crippen molar-refractivity contribution >= 4 is 11.8 Å². The predicted molar refractivity (Wildman–Crippen MR) is 80.5 cm³/mol. The third-order valence-electron chi connectivity index (χ3n) is 2.93. The Morgan fingerprint density at radius 2 is 1.84 bits per heavy atom. The Kier molecular flexibility index (Phi) is 5.00. The molecule has 2 unspecified atom stereocenters. The van der Waals surface area contributed by atoms with Gasteiger partial charge in [-0.1, -0.05) is 42.5 Å². The summed E-state index contributed by atoms with van der Waals surface area (Å²) in [5, 5.41) is 0.107. The highest BCUT2D eigenvalue weighted by atomic mass is 32.2. The van der Waals surface area contributed by atoms with Crippen LogP contribution in [0.15, 0.2) is 54.6 Å². The molecule has 0 spiro atoms. The fourth-order valence-electron chi connectivity index (χ4n) is 2.00. The molecule has 2 rings (SSSR count). The molecule has 2 N–H and O–H groups in total. The predicted octanol–water partition coefficient (Wildman–Crippen LogP) is 4.15. The van der Waals surface area contributed by atoms with E-state index in [0.29, 0.717) is 0 Å². The summed E-state index contributed by atoms with van der Waals surface area (Å²) in [5.41, 5.74) is 8.25. The zero-order chi connectivity index (χ0) is 13.7. The second-order valence-electron chi connectivity index (χ2n) is 4.63. The van der Waals surface area contributed by atoms with Crippen LogP contribution in [0.1, 0.15) is 23.3 Å². The Morgan fingerprint density at radius 1 is 1.11 bits per heavy atom. The largest absolute Gasteiger partial charge is 0.327 e. The standard InChI is InChI=1S/C16H18FNS/c1-12(18)16(14-8-5-9-15(17)10-14)19-11-13-6-3-2-4-7-13/h2-10,12,16H,11,18H2,1H3. The van der Waals surface area contributed by atoms with E-state index in [-0.39, 0.29) is 17.1 Å². The number of rotatable bonds is 5. The van der Waals surface area contributed by atoms with Gasteiger partial charge in [-0.05, 0) is 30.2 Å². The minimum atomic E-state index is -0.205. The zero-order valence-electron chi connectivity index (χ0n) is 10.9. The van der Waals surface area contributed by atoms with E-state index in [4.69, 9.17) is 5.73 Å². The quantitative estimate of drug-likeness (QED) is 0.887. The molecule has 0 aliphatic carbocycles. The SMILES string of the molecule is CC(N)C(SCc1ccccc1)c1cccc(F)c1. The minimum Gasteiger partial charge on any atom is -0.327 e. The Labute approximate surface area is 118 Å². The van der Waals surface area contributed by atoms with Crippen molar-refractivity contribution < 1.29 is 4.39 Å². The van der Waals surface area contributed by atoms with Crippen LogP contribution >= 0.6 is 11.8 Å². The molecule has 0 radical (unpaired) electrons. The van der Waals surface area contributed by atoms with Crippen LogP contribution < -0.4 is 5.73 Å². The highest BCUT2D eigenvalue weighted by molar-refractivity contribution is 7.98. The van der Waals surface area contributed by atoms with Crippen LogP contribution in [-0.2, 0) is 5.75 Å². The Bertz CT molecular complexity index is 513. The van der Waals surface area contributed by atoms with Crippen molar-refractivity contribution in [3.63, 3.8) is 0 Å². The normalized spacial score (nSPS) is 14.1.